The van der Waals surface area contributed by atoms with Gasteiger partial charge in [0.05, 0.1) is 67.8 Å². The molecule has 4 aromatic heterocycles. The molecular formula is C59H35F2N5. The zero-order valence-corrected chi connectivity index (χ0v) is 35.2. The molecule has 0 saturated carbocycles. The third-order valence-corrected chi connectivity index (χ3v) is 12.4. The van der Waals surface area contributed by atoms with Crippen molar-refractivity contribution in [3.05, 3.63) is 230 Å². The normalized spacial score (nSPS) is 11.5. The lowest BCUT2D eigenvalue weighted by atomic mass is 9.97. The molecule has 12 rings (SSSR count). The van der Waals surface area contributed by atoms with Crippen LogP contribution in [0.4, 0.5) is 8.78 Å². The lowest BCUT2D eigenvalue weighted by Gasteiger charge is -2.21. The highest BCUT2D eigenvalue weighted by molar-refractivity contribution is 6.13. The van der Waals surface area contributed by atoms with Gasteiger partial charge in [-0.3, -0.25) is 0 Å². The second-order valence-corrected chi connectivity index (χ2v) is 16.4. The Hall–Kier alpha value is -8.99. The van der Waals surface area contributed by atoms with Crippen LogP contribution < -0.4 is 0 Å². The summed E-state index contributed by atoms with van der Waals surface area (Å²) < 4.78 is 35.6. The van der Waals surface area contributed by atoms with Crippen LogP contribution >= 0.6 is 0 Å². The van der Waals surface area contributed by atoms with Gasteiger partial charge in [0.2, 0.25) is 0 Å². The molecule has 4 heterocycles. The zero-order valence-electron chi connectivity index (χ0n) is 35.2. The number of halogens is 2. The molecule has 0 unspecified atom stereocenters. The fourth-order valence-corrected chi connectivity index (χ4v) is 9.53. The Morgan fingerprint density at radius 1 is 0.348 bits per heavy atom. The fourth-order valence-electron chi connectivity index (χ4n) is 9.53. The number of fused-ring (bicyclic) bond motifs is 6. The number of benzene rings is 8. The number of hydrogen-bond donors (Lipinski definition) is 0. The number of para-hydroxylation sites is 2. The van der Waals surface area contributed by atoms with E-state index in [0.717, 1.165) is 94.7 Å². The van der Waals surface area contributed by atoms with Crippen LogP contribution in [0.2, 0.25) is 0 Å². The monoisotopic (exact) mass is 851 g/mol. The van der Waals surface area contributed by atoms with E-state index in [2.05, 4.69) is 63.7 Å². The molecule has 0 spiro atoms. The first-order valence-corrected chi connectivity index (χ1v) is 21.7. The maximum Gasteiger partial charge on any atom is 0.126 e. The minimum absolute atomic E-state index is 0.320. The van der Waals surface area contributed by atoms with E-state index in [0.29, 0.717) is 28.1 Å². The Morgan fingerprint density at radius 2 is 0.758 bits per heavy atom. The first kappa shape index (κ1) is 38.7. The highest BCUT2D eigenvalue weighted by Gasteiger charge is 2.25. The molecule has 0 atom stereocenters. The molecule has 66 heavy (non-hydrogen) atoms. The van der Waals surface area contributed by atoms with Crippen molar-refractivity contribution >= 4 is 43.6 Å². The van der Waals surface area contributed by atoms with Gasteiger partial charge in [-0.15, -0.1) is 0 Å². The van der Waals surface area contributed by atoms with Crippen LogP contribution in [0.15, 0.2) is 212 Å². The maximum atomic E-state index is 15.7. The van der Waals surface area contributed by atoms with Crippen molar-refractivity contribution in [1.82, 2.24) is 19.1 Å². The van der Waals surface area contributed by atoms with Gasteiger partial charge in [0.1, 0.15) is 11.6 Å². The summed E-state index contributed by atoms with van der Waals surface area (Å²) in [6, 6.07) is 70.7. The predicted molar refractivity (Wildman–Crippen MR) is 263 cm³/mol. The van der Waals surface area contributed by atoms with E-state index in [1.165, 1.54) is 12.1 Å². The van der Waals surface area contributed by atoms with E-state index >= 15 is 8.78 Å². The summed E-state index contributed by atoms with van der Waals surface area (Å²) in [6.45, 7) is 0. The number of aromatic nitrogens is 4. The minimum atomic E-state index is -0.714. The molecule has 0 radical (unpaired) electrons. The van der Waals surface area contributed by atoms with Crippen molar-refractivity contribution in [3.8, 4) is 73.6 Å². The number of nitrogens with zero attached hydrogens (tertiary/aromatic N) is 5. The molecule has 5 nitrogen and oxygen atoms in total. The van der Waals surface area contributed by atoms with Crippen LogP contribution in [0, 0.1) is 23.0 Å². The largest absolute Gasteiger partial charge is 0.308 e. The van der Waals surface area contributed by atoms with Gasteiger partial charge in [-0.25, -0.2) is 18.7 Å². The molecule has 310 valence electrons. The summed E-state index contributed by atoms with van der Waals surface area (Å²) in [5, 5.41) is 14.8. The molecule has 0 fully saturated rings. The molecule has 8 aromatic carbocycles. The van der Waals surface area contributed by atoms with Crippen molar-refractivity contribution in [3.63, 3.8) is 0 Å². The van der Waals surface area contributed by atoms with E-state index in [1.54, 1.807) is 0 Å². The summed E-state index contributed by atoms with van der Waals surface area (Å²) in [5.74, 6) is -1.43. The van der Waals surface area contributed by atoms with Gasteiger partial charge < -0.3 is 9.13 Å². The average Bonchev–Trinajstić information content (AvgIpc) is 3.88. The van der Waals surface area contributed by atoms with Gasteiger partial charge >= 0.3 is 0 Å². The first-order chi connectivity index (χ1) is 32.5. The van der Waals surface area contributed by atoms with Crippen molar-refractivity contribution < 1.29 is 8.78 Å². The summed E-state index contributed by atoms with van der Waals surface area (Å²) in [4.78, 5) is 10.2. The SMILES string of the molecule is N#Cc1cc(-n2c3ccccc3c3ccc(-c4cccc(-c5ccccc5)n4)cc32)c(-c2cc(F)cc(F)c2)c(-n2c3ccccc3c3ccc(-c4cccc(-c5ccccc5)n4)cc32)c1. The number of rotatable bonds is 7. The van der Waals surface area contributed by atoms with Gasteiger partial charge in [0, 0.05) is 55.4 Å². The van der Waals surface area contributed by atoms with Crippen molar-refractivity contribution in [2.45, 2.75) is 0 Å². The summed E-state index contributed by atoms with van der Waals surface area (Å²) in [7, 11) is 0. The smallest absolute Gasteiger partial charge is 0.126 e. The third-order valence-electron chi connectivity index (χ3n) is 12.4. The van der Waals surface area contributed by atoms with Gasteiger partial charge in [-0.05, 0) is 78.4 Å². The van der Waals surface area contributed by atoms with Gasteiger partial charge in [-0.2, -0.15) is 5.26 Å². The molecule has 0 aliphatic heterocycles. The second-order valence-electron chi connectivity index (χ2n) is 16.4. The van der Waals surface area contributed by atoms with Crippen LogP contribution in [-0.4, -0.2) is 19.1 Å². The number of pyridine rings is 2. The van der Waals surface area contributed by atoms with Gasteiger partial charge in [-0.1, -0.05) is 133 Å². The maximum absolute atomic E-state index is 15.7. The first-order valence-electron chi connectivity index (χ1n) is 21.7. The van der Waals surface area contributed by atoms with Crippen molar-refractivity contribution in [1.29, 1.82) is 5.26 Å². The van der Waals surface area contributed by atoms with Crippen LogP contribution in [0.3, 0.4) is 0 Å². The Balaban J connectivity index is 1.16. The molecular weight excluding hydrogens is 817 g/mol. The Bertz CT molecular complexity index is 3680. The summed E-state index contributed by atoms with van der Waals surface area (Å²) in [5.41, 5.74) is 12.9. The van der Waals surface area contributed by atoms with E-state index in [1.807, 2.05) is 146 Å². The topological polar surface area (TPSA) is 59.4 Å². The molecule has 0 aliphatic rings. The van der Waals surface area contributed by atoms with E-state index in [-0.39, 0.29) is 0 Å². The third kappa shape index (κ3) is 6.51. The summed E-state index contributed by atoms with van der Waals surface area (Å²) in [6.07, 6.45) is 0. The molecule has 0 amide bonds. The average molecular weight is 852 g/mol. The minimum Gasteiger partial charge on any atom is -0.308 e. The predicted octanol–water partition coefficient (Wildman–Crippen LogP) is 15.2. The van der Waals surface area contributed by atoms with Gasteiger partial charge in [0.15, 0.2) is 0 Å². The van der Waals surface area contributed by atoms with Crippen LogP contribution in [-0.2, 0) is 0 Å². The highest BCUT2D eigenvalue weighted by Crippen LogP contribution is 2.44. The Morgan fingerprint density at radius 3 is 1.21 bits per heavy atom. The number of hydrogen-bond acceptors (Lipinski definition) is 3. The quantitative estimate of drug-likeness (QED) is 0.160. The molecule has 0 N–H and O–H groups in total. The lowest BCUT2D eigenvalue weighted by Crippen LogP contribution is -2.05. The molecule has 0 aliphatic carbocycles. The van der Waals surface area contributed by atoms with Crippen LogP contribution in [0.5, 0.6) is 0 Å². The lowest BCUT2D eigenvalue weighted by molar-refractivity contribution is 0.584. The van der Waals surface area contributed by atoms with Crippen molar-refractivity contribution in [2.24, 2.45) is 0 Å². The molecule has 12 aromatic rings. The second kappa shape index (κ2) is 15.7. The van der Waals surface area contributed by atoms with Crippen LogP contribution in [0.25, 0.3) is 111 Å². The highest BCUT2D eigenvalue weighted by atomic mass is 19.1. The summed E-state index contributed by atoms with van der Waals surface area (Å²) >= 11 is 0. The van der Waals surface area contributed by atoms with Gasteiger partial charge in [0.25, 0.3) is 0 Å². The van der Waals surface area contributed by atoms with Crippen molar-refractivity contribution in [2.75, 3.05) is 0 Å². The zero-order chi connectivity index (χ0) is 44.3. The Labute approximate surface area is 378 Å². The van der Waals surface area contributed by atoms with Crippen LogP contribution in [0.1, 0.15) is 5.56 Å². The molecule has 7 heteroatoms. The van der Waals surface area contributed by atoms with E-state index in [4.69, 9.17) is 9.97 Å². The molecule has 0 bridgehead atoms. The van der Waals surface area contributed by atoms with E-state index in [9.17, 15) is 5.26 Å². The Kier molecular flexibility index (Phi) is 9.18. The molecule has 0 saturated heterocycles. The fraction of sp³-hybridized carbons (Fsp3) is 0. The van der Waals surface area contributed by atoms with E-state index < -0.39 is 11.6 Å². The standard InChI is InChI=1S/C59H35F2N5/c60-43-31-42(32-44(61)35-43)59-57(65-53-23-9-7-17-45(53)47-27-25-40(33-55(47)65)51-21-11-19-49(63-51)38-13-3-1-4-14-38)29-37(36-62)30-58(59)66-54-24-10-8-18-46(54)48-28-26-41(34-56(48)66)52-22-12-20-50(64-52)39-15-5-2-6-16-39/h1-35H. The number of nitriles is 1.